The number of thioether (sulfide) groups is 1. The van der Waals surface area contributed by atoms with E-state index in [9.17, 15) is 19.2 Å². The molecule has 3 aromatic heterocycles. The average Bonchev–Trinajstić information content (AvgIpc) is 1.77. The Morgan fingerprint density at radius 2 is 1.21 bits per heavy atom. The van der Waals surface area contributed by atoms with Crippen LogP contribution in [-0.2, 0) is 28.7 Å². The van der Waals surface area contributed by atoms with Crippen molar-refractivity contribution < 1.29 is 178 Å². The summed E-state index contributed by atoms with van der Waals surface area (Å²) >= 11 is 18.7. The molecule has 0 fully saturated rings. The van der Waals surface area contributed by atoms with Crippen LogP contribution in [0.5, 0.6) is 17.2 Å². The van der Waals surface area contributed by atoms with Gasteiger partial charge in [-0.3, -0.25) is 14.6 Å². The molecule has 25 nitrogen and oxygen atoms in total. The molecular formula is C56H75ClI2K2N11O14S5+. The number of carboxylic acids is 2. The number of fused-ring (bicyclic) bond motifs is 3. The number of benzene rings is 3. The molecule has 1 aliphatic rings. The number of carboxylic acid groups (broad SMARTS) is 2. The van der Waals surface area contributed by atoms with E-state index in [0.29, 0.717) is 72.6 Å². The number of hydrogen-bond acceptors (Lipinski definition) is 25. The number of alkyl carbamates (subject to hydrolysis) is 2. The van der Waals surface area contributed by atoms with Crippen molar-refractivity contribution in [1.29, 1.82) is 10.5 Å². The van der Waals surface area contributed by atoms with Crippen LogP contribution in [0.2, 0.25) is 0 Å². The van der Waals surface area contributed by atoms with Gasteiger partial charge in [0.1, 0.15) is 56.7 Å². The number of halogens is 3. The molecule has 7 rings (SSSR count). The summed E-state index contributed by atoms with van der Waals surface area (Å²) in [4.78, 5) is 71.5. The van der Waals surface area contributed by atoms with Gasteiger partial charge >= 0.3 is 127 Å². The number of thiol groups is 1. The summed E-state index contributed by atoms with van der Waals surface area (Å²) in [6.07, 6.45) is 2.39. The van der Waals surface area contributed by atoms with Gasteiger partial charge in [0.2, 0.25) is 0 Å². The molecule has 0 unspecified atom stereocenters. The fraction of sp³-hybridized carbons (Fsp3) is 0.446. The molecule has 490 valence electrons. The van der Waals surface area contributed by atoms with Crippen molar-refractivity contribution in [1.82, 2.24) is 25.6 Å². The number of carbonyl (C=O) groups is 5. The minimum absolute atomic E-state index is 0. The van der Waals surface area contributed by atoms with Crippen LogP contribution in [0.3, 0.4) is 0 Å². The number of ether oxygens (including phenoxy) is 5. The number of thiazole rings is 3. The van der Waals surface area contributed by atoms with Gasteiger partial charge in [0.05, 0.1) is 57.0 Å². The molecule has 0 bridgehead atoms. The van der Waals surface area contributed by atoms with Gasteiger partial charge in [-0.2, -0.15) is 23.2 Å². The Morgan fingerprint density at radius 1 is 0.791 bits per heavy atom. The molecule has 0 aliphatic carbocycles. The first-order chi connectivity index (χ1) is 41.8. The molecule has 3 aromatic carbocycles. The van der Waals surface area contributed by atoms with Crippen LogP contribution < -0.4 is 150 Å². The van der Waals surface area contributed by atoms with Crippen LogP contribution in [0.4, 0.5) is 9.59 Å². The van der Waals surface area contributed by atoms with Gasteiger partial charge in [-0.1, -0.05) is 7.43 Å². The average molecular weight is 1650 g/mol. The molecule has 11 N–H and O–H groups in total. The minimum atomic E-state index is -1.00. The van der Waals surface area contributed by atoms with E-state index >= 15 is 0 Å². The fourth-order valence-electron chi connectivity index (χ4n) is 5.77. The van der Waals surface area contributed by atoms with Gasteiger partial charge in [0, 0.05) is 82.1 Å². The van der Waals surface area contributed by atoms with E-state index in [2.05, 4.69) is 61.7 Å². The number of rotatable bonds is 21. The van der Waals surface area contributed by atoms with E-state index in [1.165, 1.54) is 45.8 Å². The third-order valence-corrected chi connectivity index (χ3v) is 15.8. The molecular weight excluding hydrogens is 1580 g/mol. The van der Waals surface area contributed by atoms with Crippen molar-refractivity contribution in [2.45, 2.75) is 97.9 Å². The van der Waals surface area contributed by atoms with Crippen LogP contribution in [0.1, 0.15) is 91.1 Å². The monoisotopic (exact) mass is 1650 g/mol. The largest absolute Gasteiger partial charge is 1.00 e. The second-order valence-electron chi connectivity index (χ2n) is 18.9. The Morgan fingerprint density at radius 3 is 1.55 bits per heavy atom. The summed E-state index contributed by atoms with van der Waals surface area (Å²) in [5.41, 5.74) is 15.7. The third-order valence-electron chi connectivity index (χ3n) is 9.50. The number of hydrogen-bond donors (Lipinski definition) is 8. The second-order valence-corrected chi connectivity index (χ2v) is 24.8. The SMILES string of the molecule is C.CC(C)(C)OC(=O)NCCCCl.CC(C)(C)OC(=O)NCCCOc1ccc2nc(C#N)sc2c1.IC#CI.N#Cc1nc2ccc(OCCC[NH3+])cc2s1.NCCCOc1ccc2nc(C3=N[C@@H](C(=O)O)CS3)sc2c1.N[C@H](CS)C(=O)O.O=CO[O-].[H-].[K+].[K+]. The van der Waals surface area contributed by atoms with E-state index in [1.807, 2.05) is 153 Å². The van der Waals surface area contributed by atoms with E-state index in [1.54, 1.807) is 0 Å². The Balaban J connectivity index is -0.000000524. The molecule has 35 heteroatoms. The summed E-state index contributed by atoms with van der Waals surface area (Å²) < 4.78 is 35.1. The number of nitrogens with zero attached hydrogens (tertiary/aromatic N) is 6. The van der Waals surface area contributed by atoms with Crippen molar-refractivity contribution in [3.05, 3.63) is 69.6 Å². The van der Waals surface area contributed by atoms with Crippen molar-refractivity contribution in [2.75, 3.05) is 63.4 Å². The molecule has 0 spiro atoms. The van der Waals surface area contributed by atoms with Crippen molar-refractivity contribution in [3.63, 3.8) is 0 Å². The summed E-state index contributed by atoms with van der Waals surface area (Å²) in [7, 11) is 0. The summed E-state index contributed by atoms with van der Waals surface area (Å²) in [5.74, 6) is 1.66. The number of alkyl halides is 1. The van der Waals surface area contributed by atoms with E-state index in [4.69, 9.17) is 77.5 Å². The zero-order chi connectivity index (χ0) is 66.1. The quantitative estimate of drug-likeness (QED) is 0.00591. The fourth-order valence-corrected chi connectivity index (χ4v) is 9.73. The number of aromatic nitrogens is 3. The maximum atomic E-state index is 11.5. The molecule has 0 saturated heterocycles. The first-order valence-electron chi connectivity index (χ1n) is 26.2. The Bertz CT molecular complexity index is 3300. The van der Waals surface area contributed by atoms with Crippen LogP contribution in [0, 0.1) is 30.5 Å². The van der Waals surface area contributed by atoms with Crippen molar-refractivity contribution in [2.24, 2.45) is 16.5 Å². The van der Waals surface area contributed by atoms with Gasteiger partial charge in [-0.05, 0) is 130 Å². The third kappa shape index (κ3) is 42.6. The zero-order valence-corrected chi connectivity index (χ0v) is 66.4. The minimum Gasteiger partial charge on any atom is -1.00 e. The number of carbonyl (C=O) groups excluding carboxylic acids is 3. The topological polar surface area (TPSA) is 407 Å². The first kappa shape index (κ1) is 92.6. The second kappa shape index (κ2) is 53.6. The molecule has 0 saturated carbocycles. The van der Waals surface area contributed by atoms with Gasteiger partial charge in [0.25, 0.3) is 6.47 Å². The summed E-state index contributed by atoms with van der Waals surface area (Å²) in [5, 5.41) is 50.7. The molecule has 2 atom stereocenters. The number of aliphatic carboxylic acids is 2. The van der Waals surface area contributed by atoms with E-state index in [0.717, 1.165) is 78.7 Å². The van der Waals surface area contributed by atoms with Gasteiger partial charge in [-0.25, -0.2) is 29.3 Å². The molecule has 4 heterocycles. The summed E-state index contributed by atoms with van der Waals surface area (Å²) in [6.45, 7) is 15.1. The molecule has 1 aliphatic heterocycles. The summed E-state index contributed by atoms with van der Waals surface area (Å²) in [6, 6.07) is 19.6. The normalized spacial score (nSPS) is 11.7. The van der Waals surface area contributed by atoms with Crippen LogP contribution in [0.15, 0.2) is 59.6 Å². The molecule has 6 aromatic rings. The van der Waals surface area contributed by atoms with Crippen molar-refractivity contribution in [3.8, 4) is 37.2 Å². The number of nitrogens with two attached hydrogens (primary N) is 2. The first-order valence-corrected chi connectivity index (χ1v) is 33.0. The number of nitriles is 2. The predicted octanol–water partition coefficient (Wildman–Crippen LogP) is 3.05. The van der Waals surface area contributed by atoms with E-state index in [-0.39, 0.29) is 130 Å². The zero-order valence-electron chi connectivity index (χ0n) is 51.9. The van der Waals surface area contributed by atoms with E-state index < -0.39 is 41.3 Å². The number of nitrogens with one attached hydrogen (secondary N) is 2. The Kier molecular flexibility index (Phi) is 54.5. The van der Waals surface area contributed by atoms with Gasteiger partial charge in [-0.15, -0.1) is 57.4 Å². The van der Waals surface area contributed by atoms with Crippen LogP contribution >= 0.6 is 115 Å². The smallest absolute Gasteiger partial charge is 1.00 e. The molecule has 0 radical (unpaired) electrons. The number of quaternary nitrogens is 1. The Labute approximate surface area is 670 Å². The van der Waals surface area contributed by atoms with Crippen molar-refractivity contribution >= 4 is 181 Å². The van der Waals surface area contributed by atoms with Gasteiger partial charge < -0.3 is 73.3 Å². The standard InChI is InChI=1S/C16H19N3O3S.C14H15N3O3S2.C11H11N3OS.C8H16ClNO2.C3H7NO2S.C2I2.CH2O3.CH4.2K.H/c1-16(2,3)22-15(20)18-7-4-8-21-11-5-6-12-13(9-11)23-14(10-17)19-12;15-4-1-5-20-8-2-3-9-11(6-8)22-13(16-9)12-17-10(7-21-12)14(18)19;12-4-1-5-15-8-2-3-9-10(6-8)16-11(7-13)14-9;1-8(2,3)12-7(11)10-6-4-5-9;4-2(1-7)3(5)6;3-1-2-4;2-1-4-3;;;;/h5-6,9H,4,7-8H2,1-3H3,(H,18,20);2-3,6,10H,1,4-5,7,15H2,(H,18,19);2-3,6H,1,4-5,12H2;4-6H2,1-3H3,(H,10,11);2,7H,1,4H2,(H,5,6);;1,3H;1H4;;;/q;;;;;;;;2*+1;-1/t;10-;;;2-;;;;;;/m.1..1....../s1. The Hall–Kier alpha value is -2.55. The molecule has 91 heavy (non-hydrogen) atoms. The molecule has 2 amide bonds. The maximum Gasteiger partial charge on any atom is 1.00 e. The predicted molar refractivity (Wildman–Crippen MR) is 370 cm³/mol. The number of amides is 2. The van der Waals surface area contributed by atoms with Crippen LogP contribution in [0.25, 0.3) is 30.6 Å². The van der Waals surface area contributed by atoms with Gasteiger partial charge in [0.15, 0.2) is 16.1 Å². The van der Waals surface area contributed by atoms with Crippen LogP contribution in [-0.4, -0.2) is 147 Å². The number of aliphatic imine (C=N–C) groups is 1. The maximum absolute atomic E-state index is 11.5.